The van der Waals surface area contributed by atoms with E-state index in [9.17, 15) is 0 Å². The molecule has 84 valence electrons. The molecule has 0 aliphatic heterocycles. The molecular formula is C11H19N3O. The quantitative estimate of drug-likeness (QED) is 0.794. The van der Waals surface area contributed by atoms with E-state index < -0.39 is 0 Å². The first-order valence-electron chi connectivity index (χ1n) is 5.35. The summed E-state index contributed by atoms with van der Waals surface area (Å²) in [5, 5.41) is 8.99. The Balaban J connectivity index is 2.93. The van der Waals surface area contributed by atoms with Crippen molar-refractivity contribution in [3.8, 4) is 0 Å². The van der Waals surface area contributed by atoms with E-state index in [-0.39, 0.29) is 6.61 Å². The summed E-state index contributed by atoms with van der Waals surface area (Å²) < 4.78 is 0. The van der Waals surface area contributed by atoms with Gasteiger partial charge in [0.15, 0.2) is 0 Å². The van der Waals surface area contributed by atoms with E-state index in [0.717, 1.165) is 30.2 Å². The molecule has 0 aliphatic rings. The minimum atomic E-state index is 0.148. The molecule has 1 N–H and O–H groups in total. The van der Waals surface area contributed by atoms with Crippen molar-refractivity contribution in [3.05, 3.63) is 17.6 Å². The Bertz CT molecular complexity index is 309. The smallest absolute Gasteiger partial charge is 0.150 e. The van der Waals surface area contributed by atoms with Crippen molar-refractivity contribution in [2.45, 2.75) is 27.2 Å². The lowest BCUT2D eigenvalue weighted by Gasteiger charge is -2.23. The number of rotatable bonds is 5. The highest BCUT2D eigenvalue weighted by atomic mass is 16.3. The maximum Gasteiger partial charge on any atom is 0.150 e. The van der Waals surface area contributed by atoms with Gasteiger partial charge >= 0.3 is 0 Å². The highest BCUT2D eigenvalue weighted by Gasteiger charge is 2.10. The summed E-state index contributed by atoms with van der Waals surface area (Å²) >= 11 is 0. The predicted octanol–water partition coefficient (Wildman–Crippen LogP) is 1.30. The molecule has 1 aromatic heterocycles. The zero-order valence-corrected chi connectivity index (χ0v) is 9.69. The van der Waals surface area contributed by atoms with Gasteiger partial charge in [0.2, 0.25) is 0 Å². The van der Waals surface area contributed by atoms with Gasteiger partial charge in [-0.3, -0.25) is 4.98 Å². The van der Waals surface area contributed by atoms with E-state index in [1.807, 2.05) is 13.8 Å². The highest BCUT2D eigenvalue weighted by Crippen LogP contribution is 2.15. The largest absolute Gasteiger partial charge is 0.395 e. The number of aliphatic hydroxyl groups is 1. The van der Waals surface area contributed by atoms with E-state index in [1.54, 1.807) is 6.20 Å². The third-order valence-electron chi connectivity index (χ3n) is 2.21. The Hall–Kier alpha value is -1.16. The standard InChI is InChI=1S/C11H19N3O/c1-4-5-14(6-7-15)11-10(3)12-8-9(2)13-11/h8,15H,4-7H2,1-3H3. The van der Waals surface area contributed by atoms with Crippen molar-refractivity contribution in [2.24, 2.45) is 0 Å². The first-order chi connectivity index (χ1) is 7.19. The molecule has 1 heterocycles. The molecule has 1 rings (SSSR count). The van der Waals surface area contributed by atoms with Crippen LogP contribution in [0, 0.1) is 13.8 Å². The molecule has 15 heavy (non-hydrogen) atoms. The molecule has 0 unspecified atom stereocenters. The summed E-state index contributed by atoms with van der Waals surface area (Å²) in [6.45, 7) is 7.66. The second kappa shape index (κ2) is 5.66. The molecule has 0 atom stereocenters. The van der Waals surface area contributed by atoms with Gasteiger partial charge in [0.25, 0.3) is 0 Å². The van der Waals surface area contributed by atoms with Crippen molar-refractivity contribution < 1.29 is 5.11 Å². The van der Waals surface area contributed by atoms with Crippen LogP contribution in [0.4, 0.5) is 5.82 Å². The van der Waals surface area contributed by atoms with Gasteiger partial charge in [0, 0.05) is 19.3 Å². The Morgan fingerprint density at radius 1 is 1.33 bits per heavy atom. The Morgan fingerprint density at radius 3 is 2.67 bits per heavy atom. The molecule has 0 amide bonds. The summed E-state index contributed by atoms with van der Waals surface area (Å²) in [7, 11) is 0. The molecule has 4 nitrogen and oxygen atoms in total. The number of hydrogen-bond acceptors (Lipinski definition) is 4. The van der Waals surface area contributed by atoms with E-state index in [1.165, 1.54) is 0 Å². The Kier molecular flexibility index (Phi) is 4.49. The molecule has 0 spiro atoms. The van der Waals surface area contributed by atoms with Crippen LogP contribution in [0.15, 0.2) is 6.20 Å². The minimum Gasteiger partial charge on any atom is -0.395 e. The predicted molar refractivity (Wildman–Crippen MR) is 61.1 cm³/mol. The third kappa shape index (κ3) is 3.16. The van der Waals surface area contributed by atoms with E-state index in [2.05, 4.69) is 21.8 Å². The molecule has 1 aromatic rings. The maximum atomic E-state index is 8.99. The van der Waals surface area contributed by atoms with Crippen molar-refractivity contribution in [3.63, 3.8) is 0 Å². The van der Waals surface area contributed by atoms with Crippen LogP contribution < -0.4 is 4.90 Å². The molecule has 0 saturated heterocycles. The number of nitrogens with zero attached hydrogens (tertiary/aromatic N) is 3. The average molecular weight is 209 g/mol. The summed E-state index contributed by atoms with van der Waals surface area (Å²) in [4.78, 5) is 10.8. The molecule has 0 fully saturated rings. The second-order valence-corrected chi connectivity index (χ2v) is 3.63. The summed E-state index contributed by atoms with van der Waals surface area (Å²) in [5.74, 6) is 0.894. The number of hydrogen-bond donors (Lipinski definition) is 1. The van der Waals surface area contributed by atoms with Crippen LogP contribution in [0.1, 0.15) is 24.7 Å². The van der Waals surface area contributed by atoms with Gasteiger partial charge in [-0.15, -0.1) is 0 Å². The summed E-state index contributed by atoms with van der Waals surface area (Å²) in [6, 6.07) is 0. The maximum absolute atomic E-state index is 8.99. The van der Waals surface area contributed by atoms with Gasteiger partial charge < -0.3 is 10.0 Å². The van der Waals surface area contributed by atoms with E-state index >= 15 is 0 Å². The lowest BCUT2D eigenvalue weighted by Crippen LogP contribution is -2.29. The molecule has 0 aromatic carbocycles. The zero-order chi connectivity index (χ0) is 11.3. The number of aromatic nitrogens is 2. The fourth-order valence-corrected chi connectivity index (χ4v) is 1.54. The number of anilines is 1. The van der Waals surface area contributed by atoms with Gasteiger partial charge in [0.05, 0.1) is 18.0 Å². The minimum absolute atomic E-state index is 0.148. The third-order valence-corrected chi connectivity index (χ3v) is 2.21. The van der Waals surface area contributed by atoms with Crippen LogP contribution in [0.5, 0.6) is 0 Å². The second-order valence-electron chi connectivity index (χ2n) is 3.63. The molecule has 0 radical (unpaired) electrons. The average Bonchev–Trinajstić information content (AvgIpc) is 2.21. The molecular weight excluding hydrogens is 190 g/mol. The van der Waals surface area contributed by atoms with Crippen molar-refractivity contribution in [1.29, 1.82) is 0 Å². The van der Waals surface area contributed by atoms with Gasteiger partial charge in [-0.25, -0.2) is 4.98 Å². The topological polar surface area (TPSA) is 49.2 Å². The van der Waals surface area contributed by atoms with Gasteiger partial charge in [0.1, 0.15) is 5.82 Å². The zero-order valence-electron chi connectivity index (χ0n) is 9.69. The SMILES string of the molecule is CCCN(CCO)c1nc(C)cnc1C. The van der Waals surface area contributed by atoms with E-state index in [0.29, 0.717) is 6.54 Å². The first kappa shape index (κ1) is 11.9. The lowest BCUT2D eigenvalue weighted by atomic mass is 10.3. The molecule has 0 aliphatic carbocycles. The highest BCUT2D eigenvalue weighted by molar-refractivity contribution is 5.43. The van der Waals surface area contributed by atoms with Crippen LogP contribution in [0.3, 0.4) is 0 Å². The Labute approximate surface area is 91.0 Å². The fourth-order valence-electron chi connectivity index (χ4n) is 1.54. The molecule has 0 bridgehead atoms. The van der Waals surface area contributed by atoms with Gasteiger partial charge in [-0.05, 0) is 20.3 Å². The lowest BCUT2D eigenvalue weighted by molar-refractivity contribution is 0.301. The van der Waals surface area contributed by atoms with Crippen LogP contribution in [0.2, 0.25) is 0 Å². The van der Waals surface area contributed by atoms with Crippen LogP contribution in [-0.4, -0.2) is 34.8 Å². The molecule has 0 saturated carbocycles. The number of aliphatic hydroxyl groups excluding tert-OH is 1. The summed E-state index contributed by atoms with van der Waals surface area (Å²) in [5.41, 5.74) is 1.83. The van der Waals surface area contributed by atoms with Crippen LogP contribution >= 0.6 is 0 Å². The Morgan fingerprint density at radius 2 is 2.07 bits per heavy atom. The van der Waals surface area contributed by atoms with Gasteiger partial charge in [-0.2, -0.15) is 0 Å². The normalized spacial score (nSPS) is 10.4. The number of aryl methyl sites for hydroxylation is 2. The van der Waals surface area contributed by atoms with Gasteiger partial charge in [-0.1, -0.05) is 6.92 Å². The van der Waals surface area contributed by atoms with E-state index in [4.69, 9.17) is 5.11 Å². The van der Waals surface area contributed by atoms with Crippen molar-refractivity contribution in [2.75, 3.05) is 24.6 Å². The van der Waals surface area contributed by atoms with Crippen LogP contribution in [-0.2, 0) is 0 Å². The summed E-state index contributed by atoms with van der Waals surface area (Å²) in [6.07, 6.45) is 2.80. The van der Waals surface area contributed by atoms with Crippen molar-refractivity contribution in [1.82, 2.24) is 9.97 Å². The molecule has 4 heteroatoms. The van der Waals surface area contributed by atoms with Crippen LogP contribution in [0.25, 0.3) is 0 Å². The monoisotopic (exact) mass is 209 g/mol. The first-order valence-corrected chi connectivity index (χ1v) is 5.35. The van der Waals surface area contributed by atoms with Crippen molar-refractivity contribution >= 4 is 5.82 Å². The fraction of sp³-hybridized carbons (Fsp3) is 0.636.